The van der Waals surface area contributed by atoms with Gasteiger partial charge in [0.05, 0.1) is 11.3 Å². The quantitative estimate of drug-likeness (QED) is 0.664. The number of benzene rings is 1. The first-order chi connectivity index (χ1) is 9.47. The van der Waals surface area contributed by atoms with Gasteiger partial charge in [-0.1, -0.05) is 17.3 Å². The molecule has 1 atom stereocenters. The van der Waals surface area contributed by atoms with Gasteiger partial charge in [-0.15, -0.1) is 0 Å². The van der Waals surface area contributed by atoms with Crippen molar-refractivity contribution in [2.24, 2.45) is 0 Å². The Hall–Kier alpha value is -2.42. The van der Waals surface area contributed by atoms with Crippen molar-refractivity contribution in [2.45, 2.75) is 19.0 Å². The fourth-order valence-corrected chi connectivity index (χ4v) is 1.48. The summed E-state index contributed by atoms with van der Waals surface area (Å²) in [6.07, 6.45) is -5.30. The van der Waals surface area contributed by atoms with Gasteiger partial charge in [0.25, 0.3) is 12.1 Å². The number of aliphatic hydroxyl groups is 1. The summed E-state index contributed by atoms with van der Waals surface area (Å²) in [7, 11) is 0. The Kier molecular flexibility index (Phi) is 3.99. The van der Waals surface area contributed by atoms with Gasteiger partial charge in [-0.05, 0) is 0 Å². The topological polar surface area (TPSA) is 102 Å². The van der Waals surface area contributed by atoms with Crippen molar-refractivity contribution in [1.82, 2.24) is 10.1 Å². The predicted molar refractivity (Wildman–Crippen MR) is 62.1 cm³/mol. The third-order valence-electron chi connectivity index (χ3n) is 2.46. The number of nitrogens with zero attached hydrogens (tertiary/aromatic N) is 3. The van der Waals surface area contributed by atoms with Crippen molar-refractivity contribution < 1.29 is 23.3 Å². The number of hydrogen-bond acceptors (Lipinski definition) is 6. The van der Waals surface area contributed by atoms with E-state index in [1.807, 2.05) is 0 Å². The Morgan fingerprint density at radius 1 is 1.45 bits per heavy atom. The fraction of sp³-hybridized carbons (Fsp3) is 0.273. The number of rotatable bonds is 5. The van der Waals surface area contributed by atoms with Crippen LogP contribution in [0.4, 0.5) is 14.5 Å². The van der Waals surface area contributed by atoms with Crippen LogP contribution in [0.3, 0.4) is 0 Å². The normalized spacial score (nSPS) is 12.6. The third-order valence-corrected chi connectivity index (χ3v) is 2.46. The molecule has 0 radical (unpaired) electrons. The molecule has 0 fully saturated rings. The lowest BCUT2D eigenvalue weighted by atomic mass is 10.2. The number of nitro benzene ring substituents is 1. The van der Waals surface area contributed by atoms with Crippen LogP contribution in [0.1, 0.15) is 5.89 Å². The molecule has 0 aliphatic heterocycles. The Morgan fingerprint density at radius 2 is 2.20 bits per heavy atom. The molecule has 7 nitrogen and oxygen atoms in total. The molecule has 9 heteroatoms. The first-order valence-electron chi connectivity index (χ1n) is 5.51. The zero-order valence-electron chi connectivity index (χ0n) is 9.94. The van der Waals surface area contributed by atoms with Crippen molar-refractivity contribution in [3.05, 3.63) is 40.3 Å². The second kappa shape index (κ2) is 5.70. The molecule has 0 saturated heterocycles. The van der Waals surface area contributed by atoms with Crippen LogP contribution in [0.25, 0.3) is 11.4 Å². The molecule has 0 spiro atoms. The van der Waals surface area contributed by atoms with Crippen LogP contribution in [-0.4, -0.2) is 32.7 Å². The number of aromatic nitrogens is 2. The van der Waals surface area contributed by atoms with Crippen molar-refractivity contribution in [2.75, 3.05) is 0 Å². The monoisotopic (exact) mass is 285 g/mol. The summed E-state index contributed by atoms with van der Waals surface area (Å²) in [4.78, 5) is 13.9. The summed E-state index contributed by atoms with van der Waals surface area (Å²) in [6.45, 7) is 0. The molecule has 0 aliphatic rings. The minimum Gasteiger partial charge on any atom is -0.387 e. The van der Waals surface area contributed by atoms with E-state index in [1.165, 1.54) is 24.3 Å². The van der Waals surface area contributed by atoms with Gasteiger partial charge in [0.15, 0.2) is 0 Å². The van der Waals surface area contributed by atoms with Gasteiger partial charge < -0.3 is 9.63 Å². The van der Waals surface area contributed by atoms with Gasteiger partial charge in [0.1, 0.15) is 6.10 Å². The van der Waals surface area contributed by atoms with E-state index in [0.717, 1.165) is 0 Å². The number of hydrogen-bond donors (Lipinski definition) is 1. The van der Waals surface area contributed by atoms with E-state index in [1.54, 1.807) is 0 Å². The van der Waals surface area contributed by atoms with Crippen molar-refractivity contribution in [3.63, 3.8) is 0 Å². The van der Waals surface area contributed by atoms with Gasteiger partial charge in [-0.2, -0.15) is 4.98 Å². The number of alkyl halides is 2. The van der Waals surface area contributed by atoms with Crippen LogP contribution in [-0.2, 0) is 6.42 Å². The summed E-state index contributed by atoms with van der Waals surface area (Å²) in [5, 5.41) is 23.2. The minimum absolute atomic E-state index is 0.0326. The van der Waals surface area contributed by atoms with E-state index in [9.17, 15) is 18.9 Å². The first kappa shape index (κ1) is 14.0. The van der Waals surface area contributed by atoms with Crippen LogP contribution in [0.2, 0.25) is 0 Å². The molecule has 1 heterocycles. The van der Waals surface area contributed by atoms with Crippen LogP contribution >= 0.6 is 0 Å². The van der Waals surface area contributed by atoms with E-state index in [-0.39, 0.29) is 17.4 Å². The summed E-state index contributed by atoms with van der Waals surface area (Å²) >= 11 is 0. The van der Waals surface area contributed by atoms with Crippen molar-refractivity contribution >= 4 is 5.69 Å². The highest BCUT2D eigenvalue weighted by atomic mass is 19.3. The summed E-state index contributed by atoms with van der Waals surface area (Å²) < 4.78 is 29.1. The fourth-order valence-electron chi connectivity index (χ4n) is 1.48. The molecule has 2 aromatic rings. The highest BCUT2D eigenvalue weighted by Crippen LogP contribution is 2.21. The van der Waals surface area contributed by atoms with Gasteiger partial charge in [-0.25, -0.2) is 8.78 Å². The molecule has 106 valence electrons. The minimum atomic E-state index is -2.91. The molecule has 1 N–H and O–H groups in total. The molecular weight excluding hydrogens is 276 g/mol. The lowest BCUT2D eigenvalue weighted by Gasteiger charge is -2.04. The lowest BCUT2D eigenvalue weighted by molar-refractivity contribution is -0.384. The third kappa shape index (κ3) is 3.12. The molecule has 0 bridgehead atoms. The average Bonchev–Trinajstić information content (AvgIpc) is 2.87. The molecule has 1 aromatic heterocycles. The number of nitro groups is 1. The summed E-state index contributed by atoms with van der Waals surface area (Å²) in [6, 6.07) is 5.49. The Balaban J connectivity index is 2.20. The van der Waals surface area contributed by atoms with E-state index < -0.39 is 23.9 Å². The second-order valence-electron chi connectivity index (χ2n) is 3.93. The van der Waals surface area contributed by atoms with Crippen molar-refractivity contribution in [1.29, 1.82) is 0 Å². The lowest BCUT2D eigenvalue weighted by Crippen LogP contribution is -2.20. The van der Waals surface area contributed by atoms with Crippen LogP contribution in [0, 0.1) is 10.1 Å². The maximum Gasteiger partial charge on any atom is 0.270 e. The number of aliphatic hydroxyl groups excluding tert-OH is 1. The number of non-ortho nitro benzene ring substituents is 1. The maximum atomic E-state index is 12.2. The maximum absolute atomic E-state index is 12.2. The van der Waals surface area contributed by atoms with Crippen LogP contribution in [0.5, 0.6) is 0 Å². The zero-order valence-corrected chi connectivity index (χ0v) is 9.94. The molecule has 20 heavy (non-hydrogen) atoms. The largest absolute Gasteiger partial charge is 0.387 e. The van der Waals surface area contributed by atoms with Crippen LogP contribution < -0.4 is 0 Å². The molecule has 2 rings (SSSR count). The Bertz CT molecular complexity index is 617. The summed E-state index contributed by atoms with van der Waals surface area (Å²) in [5.41, 5.74) is 0.169. The first-order valence-corrected chi connectivity index (χ1v) is 5.51. The van der Waals surface area contributed by atoms with E-state index in [4.69, 9.17) is 9.63 Å². The second-order valence-corrected chi connectivity index (χ2v) is 3.93. The Labute approximate surface area is 111 Å². The molecule has 0 aliphatic carbocycles. The molecular formula is C11H9F2N3O4. The van der Waals surface area contributed by atoms with Gasteiger partial charge >= 0.3 is 0 Å². The van der Waals surface area contributed by atoms with E-state index in [0.29, 0.717) is 5.56 Å². The molecule has 0 amide bonds. The summed E-state index contributed by atoms with van der Waals surface area (Å²) in [5.74, 6) is -0.135. The smallest absolute Gasteiger partial charge is 0.270 e. The standard InChI is InChI=1S/C11H9F2N3O4/c12-10(13)8(17)5-9-14-11(15-20-9)6-2-1-3-7(4-6)16(18)19/h1-4,8,10,17H,5H2. The van der Waals surface area contributed by atoms with Gasteiger partial charge in [-0.3, -0.25) is 10.1 Å². The molecule has 0 saturated carbocycles. The SMILES string of the molecule is O=[N+]([O-])c1cccc(-c2noc(CC(O)C(F)F)n2)c1. The average molecular weight is 285 g/mol. The van der Waals surface area contributed by atoms with Crippen LogP contribution in [0.15, 0.2) is 28.8 Å². The van der Waals surface area contributed by atoms with E-state index in [2.05, 4.69) is 10.1 Å². The van der Waals surface area contributed by atoms with Gasteiger partial charge in [0, 0.05) is 17.7 Å². The Morgan fingerprint density at radius 3 is 2.85 bits per heavy atom. The molecule has 1 aromatic carbocycles. The highest BCUT2D eigenvalue weighted by molar-refractivity contribution is 5.58. The number of halogens is 2. The molecule has 1 unspecified atom stereocenters. The van der Waals surface area contributed by atoms with E-state index >= 15 is 0 Å². The van der Waals surface area contributed by atoms with Gasteiger partial charge in [0.2, 0.25) is 11.7 Å². The highest BCUT2D eigenvalue weighted by Gasteiger charge is 2.21. The predicted octanol–water partition coefficient (Wildman–Crippen LogP) is 1.81. The van der Waals surface area contributed by atoms with Crippen molar-refractivity contribution in [3.8, 4) is 11.4 Å². The zero-order chi connectivity index (χ0) is 14.7.